The summed E-state index contributed by atoms with van der Waals surface area (Å²) in [6.45, 7) is 5.40. The number of phenols is 1. The van der Waals surface area contributed by atoms with Crippen LogP contribution in [0.3, 0.4) is 0 Å². The van der Waals surface area contributed by atoms with Crippen molar-refractivity contribution < 1.29 is 5.11 Å². The first-order valence-electron chi connectivity index (χ1n) is 10.5. The first-order chi connectivity index (χ1) is 14.7. The average molecular weight is 399 g/mol. The Hall–Kier alpha value is -3.31. The minimum Gasteiger partial charge on any atom is -0.508 e. The Labute approximate surface area is 176 Å². The van der Waals surface area contributed by atoms with Gasteiger partial charge in [-0.15, -0.1) is 0 Å². The van der Waals surface area contributed by atoms with Crippen LogP contribution in [-0.2, 0) is 6.42 Å². The third-order valence-corrected chi connectivity index (χ3v) is 5.91. The van der Waals surface area contributed by atoms with Gasteiger partial charge in [0.15, 0.2) is 0 Å². The monoisotopic (exact) mass is 398 g/mol. The van der Waals surface area contributed by atoms with Crippen LogP contribution in [0.1, 0.15) is 5.56 Å². The van der Waals surface area contributed by atoms with E-state index in [2.05, 4.69) is 63.4 Å². The van der Waals surface area contributed by atoms with Crippen molar-refractivity contribution in [3.8, 4) is 17.0 Å². The molecule has 1 saturated heterocycles. The Kier molecular flexibility index (Phi) is 5.11. The number of benzene rings is 2. The number of piperazine rings is 1. The maximum atomic E-state index is 9.50. The second kappa shape index (κ2) is 8.20. The van der Waals surface area contributed by atoms with Crippen molar-refractivity contribution in [2.45, 2.75) is 6.42 Å². The number of phenolic OH excluding ortho intramolecular Hbond substituents is 1. The molecule has 2 aromatic carbocycles. The highest BCUT2D eigenvalue weighted by Gasteiger charge is 2.17. The van der Waals surface area contributed by atoms with Gasteiger partial charge in [0.1, 0.15) is 5.75 Å². The molecule has 1 aliphatic heterocycles. The standard InChI is InChI=1S/C25H26N4O/c30-24-8-6-21(7-9-24)25-19-23-18-22(11-13-29(23)26-25)28-16-14-27(15-17-28)12-10-20-4-2-1-3-5-20/h1-9,11,13,18-19,30H,10,12,14-17H2. The molecule has 0 radical (unpaired) electrons. The number of hydrogen-bond acceptors (Lipinski definition) is 4. The van der Waals surface area contributed by atoms with E-state index >= 15 is 0 Å². The summed E-state index contributed by atoms with van der Waals surface area (Å²) in [5, 5.41) is 14.2. The molecule has 0 atom stereocenters. The van der Waals surface area contributed by atoms with Gasteiger partial charge in [-0.25, -0.2) is 4.52 Å². The number of aromatic nitrogens is 2. The third kappa shape index (κ3) is 4.02. The summed E-state index contributed by atoms with van der Waals surface area (Å²) in [6.07, 6.45) is 3.15. The number of nitrogens with zero attached hydrogens (tertiary/aromatic N) is 4. The molecule has 4 aromatic rings. The number of aromatic hydroxyl groups is 1. The molecule has 1 aliphatic rings. The van der Waals surface area contributed by atoms with Gasteiger partial charge in [0.05, 0.1) is 11.2 Å². The van der Waals surface area contributed by atoms with Crippen LogP contribution in [0, 0.1) is 0 Å². The predicted octanol–water partition coefficient (Wildman–Crippen LogP) is 4.07. The highest BCUT2D eigenvalue weighted by atomic mass is 16.3. The summed E-state index contributed by atoms with van der Waals surface area (Å²) < 4.78 is 1.92. The van der Waals surface area contributed by atoms with Crippen LogP contribution < -0.4 is 4.90 Å². The third-order valence-electron chi connectivity index (χ3n) is 5.91. The molecule has 1 N–H and O–H groups in total. The lowest BCUT2D eigenvalue weighted by Gasteiger charge is -2.36. The second-order valence-electron chi connectivity index (χ2n) is 7.90. The van der Waals surface area contributed by atoms with E-state index in [1.807, 2.05) is 22.8 Å². The molecule has 0 bridgehead atoms. The van der Waals surface area contributed by atoms with Gasteiger partial charge >= 0.3 is 0 Å². The van der Waals surface area contributed by atoms with Gasteiger partial charge in [-0.1, -0.05) is 30.3 Å². The van der Waals surface area contributed by atoms with Crippen LogP contribution in [0.2, 0.25) is 0 Å². The summed E-state index contributed by atoms with van der Waals surface area (Å²) in [6, 6.07) is 24.4. The first kappa shape index (κ1) is 18.7. The van der Waals surface area contributed by atoms with E-state index in [0.717, 1.165) is 55.9 Å². The summed E-state index contributed by atoms with van der Waals surface area (Å²) in [5.74, 6) is 0.271. The van der Waals surface area contributed by atoms with E-state index in [4.69, 9.17) is 0 Å². The molecule has 30 heavy (non-hydrogen) atoms. The fourth-order valence-corrected chi connectivity index (χ4v) is 4.11. The van der Waals surface area contributed by atoms with Gasteiger partial charge in [-0.05, 0) is 54.4 Å². The fraction of sp³-hybridized carbons (Fsp3) is 0.240. The fourth-order valence-electron chi connectivity index (χ4n) is 4.11. The molecule has 0 spiro atoms. The quantitative estimate of drug-likeness (QED) is 0.550. The van der Waals surface area contributed by atoms with Gasteiger partial charge in [0.2, 0.25) is 0 Å². The lowest BCUT2D eigenvalue weighted by molar-refractivity contribution is 0.261. The van der Waals surface area contributed by atoms with Crippen molar-refractivity contribution in [1.82, 2.24) is 14.5 Å². The van der Waals surface area contributed by atoms with Gasteiger partial charge in [0.25, 0.3) is 0 Å². The number of fused-ring (bicyclic) bond motifs is 1. The largest absolute Gasteiger partial charge is 0.508 e. The van der Waals surface area contributed by atoms with Gasteiger partial charge < -0.3 is 10.0 Å². The maximum Gasteiger partial charge on any atom is 0.115 e. The Morgan fingerprint density at radius 1 is 0.833 bits per heavy atom. The van der Waals surface area contributed by atoms with Crippen molar-refractivity contribution in [3.05, 3.63) is 84.6 Å². The molecule has 0 unspecified atom stereocenters. The molecule has 0 amide bonds. The molecule has 5 heteroatoms. The Bertz CT molecular complexity index is 1110. The van der Waals surface area contributed by atoms with Crippen molar-refractivity contribution in [2.75, 3.05) is 37.6 Å². The molecule has 152 valence electrons. The molecular weight excluding hydrogens is 372 g/mol. The van der Waals surface area contributed by atoms with Crippen LogP contribution in [0.25, 0.3) is 16.8 Å². The van der Waals surface area contributed by atoms with Gasteiger partial charge in [-0.2, -0.15) is 5.10 Å². The number of pyridine rings is 1. The molecule has 5 rings (SSSR count). The van der Waals surface area contributed by atoms with E-state index in [9.17, 15) is 5.11 Å². The minimum atomic E-state index is 0.271. The van der Waals surface area contributed by atoms with E-state index < -0.39 is 0 Å². The summed E-state index contributed by atoms with van der Waals surface area (Å²) in [4.78, 5) is 5.02. The van der Waals surface area contributed by atoms with E-state index in [0.29, 0.717) is 0 Å². The predicted molar refractivity (Wildman–Crippen MR) is 121 cm³/mol. The van der Waals surface area contributed by atoms with Crippen molar-refractivity contribution in [1.29, 1.82) is 0 Å². The Morgan fingerprint density at radius 2 is 1.60 bits per heavy atom. The van der Waals surface area contributed by atoms with E-state index in [1.54, 1.807) is 12.1 Å². The molecule has 5 nitrogen and oxygen atoms in total. The Morgan fingerprint density at radius 3 is 2.37 bits per heavy atom. The van der Waals surface area contributed by atoms with Crippen LogP contribution in [0.15, 0.2) is 79.0 Å². The second-order valence-corrected chi connectivity index (χ2v) is 7.90. The van der Waals surface area contributed by atoms with Gasteiger partial charge in [0, 0.05) is 50.2 Å². The lowest BCUT2D eigenvalue weighted by atomic mass is 10.1. The number of rotatable bonds is 5. The van der Waals surface area contributed by atoms with Crippen molar-refractivity contribution in [2.24, 2.45) is 0 Å². The van der Waals surface area contributed by atoms with Crippen molar-refractivity contribution >= 4 is 11.2 Å². The zero-order chi connectivity index (χ0) is 20.3. The van der Waals surface area contributed by atoms with Gasteiger partial charge in [-0.3, -0.25) is 4.90 Å². The normalized spacial score (nSPS) is 15.0. The van der Waals surface area contributed by atoms with Crippen LogP contribution in [0.4, 0.5) is 5.69 Å². The molecular formula is C25H26N4O. The number of hydrogen-bond donors (Lipinski definition) is 1. The molecule has 3 heterocycles. The highest BCUT2D eigenvalue weighted by molar-refractivity contribution is 5.69. The summed E-state index contributed by atoms with van der Waals surface area (Å²) in [7, 11) is 0. The number of anilines is 1. The first-order valence-corrected chi connectivity index (χ1v) is 10.5. The van der Waals surface area contributed by atoms with E-state index in [-0.39, 0.29) is 5.75 Å². The molecule has 1 fully saturated rings. The van der Waals surface area contributed by atoms with Crippen LogP contribution in [-0.4, -0.2) is 52.3 Å². The smallest absolute Gasteiger partial charge is 0.115 e. The molecule has 0 saturated carbocycles. The van der Waals surface area contributed by atoms with Crippen molar-refractivity contribution in [3.63, 3.8) is 0 Å². The highest BCUT2D eigenvalue weighted by Crippen LogP contribution is 2.25. The average Bonchev–Trinajstić information content (AvgIpc) is 3.23. The van der Waals surface area contributed by atoms with Crippen LogP contribution >= 0.6 is 0 Å². The summed E-state index contributed by atoms with van der Waals surface area (Å²) >= 11 is 0. The summed E-state index contributed by atoms with van der Waals surface area (Å²) in [5.41, 5.74) is 5.67. The zero-order valence-electron chi connectivity index (χ0n) is 17.0. The van der Waals surface area contributed by atoms with E-state index in [1.165, 1.54) is 11.3 Å². The lowest BCUT2D eigenvalue weighted by Crippen LogP contribution is -2.47. The van der Waals surface area contributed by atoms with Crippen LogP contribution in [0.5, 0.6) is 5.75 Å². The minimum absolute atomic E-state index is 0.271. The molecule has 0 aliphatic carbocycles. The molecule has 2 aromatic heterocycles. The SMILES string of the molecule is Oc1ccc(-c2cc3cc(N4CCN(CCc5ccccc5)CC4)ccn3n2)cc1. The Balaban J connectivity index is 1.24. The topological polar surface area (TPSA) is 44.0 Å². The maximum absolute atomic E-state index is 9.50. The zero-order valence-corrected chi connectivity index (χ0v) is 17.0.